The smallest absolute Gasteiger partial charge is 0.126 e. The van der Waals surface area contributed by atoms with Gasteiger partial charge in [-0.25, -0.2) is 13.0 Å². The number of halogens is 2. The number of rotatable bonds is 1. The predicted octanol–water partition coefficient (Wildman–Crippen LogP) is 2.58. The number of benzene rings is 1. The highest BCUT2D eigenvalue weighted by atomic mass is 32.2. The Morgan fingerprint density at radius 3 is 2.21 bits per heavy atom. The molecule has 1 unspecified atom stereocenters. The summed E-state index contributed by atoms with van der Waals surface area (Å²) in [6.07, 6.45) is 3.19. The maximum absolute atomic E-state index is 12.8. The molecular formula is C10H6F2OS. The molecule has 1 aliphatic heterocycles. The van der Waals surface area contributed by atoms with Crippen molar-refractivity contribution in [1.82, 2.24) is 0 Å². The van der Waals surface area contributed by atoms with Gasteiger partial charge in [0, 0.05) is 11.5 Å². The van der Waals surface area contributed by atoms with Crippen LogP contribution in [0.25, 0.3) is 4.91 Å². The molecule has 0 saturated carbocycles. The Bertz CT molecular complexity index is 443. The minimum atomic E-state index is -1.28. The van der Waals surface area contributed by atoms with E-state index in [1.807, 2.05) is 0 Å². The molecule has 1 atom stereocenters. The lowest BCUT2D eigenvalue weighted by atomic mass is 10.2. The molecule has 1 aromatic rings. The Morgan fingerprint density at radius 1 is 1.07 bits per heavy atom. The van der Waals surface area contributed by atoms with Crippen LogP contribution in [0, 0.1) is 11.6 Å². The summed E-state index contributed by atoms with van der Waals surface area (Å²) >= 11 is 0. The summed E-state index contributed by atoms with van der Waals surface area (Å²) in [6.45, 7) is 0. The molecular weight excluding hydrogens is 206 g/mol. The van der Waals surface area contributed by atoms with E-state index in [-0.39, 0.29) is 0 Å². The van der Waals surface area contributed by atoms with Gasteiger partial charge in [-0.3, -0.25) is 0 Å². The van der Waals surface area contributed by atoms with Crippen molar-refractivity contribution in [2.75, 3.05) is 0 Å². The van der Waals surface area contributed by atoms with E-state index in [0.717, 1.165) is 6.07 Å². The van der Waals surface area contributed by atoms with Gasteiger partial charge in [0.05, 0.1) is 15.7 Å². The zero-order chi connectivity index (χ0) is 10.1. The monoisotopic (exact) mass is 212 g/mol. The van der Waals surface area contributed by atoms with Crippen LogP contribution in [0.2, 0.25) is 0 Å². The first-order valence-electron chi connectivity index (χ1n) is 3.92. The summed E-state index contributed by atoms with van der Waals surface area (Å²) in [7, 11) is -1.28. The SMILES string of the molecule is O=S1C=CC=C1c1cc(F)cc(F)c1. The molecule has 2 rings (SSSR count). The molecule has 0 fully saturated rings. The summed E-state index contributed by atoms with van der Waals surface area (Å²) in [5.74, 6) is -1.32. The summed E-state index contributed by atoms with van der Waals surface area (Å²) in [5.41, 5.74) is 0.325. The highest BCUT2D eigenvalue weighted by Crippen LogP contribution is 2.24. The van der Waals surface area contributed by atoms with Crippen molar-refractivity contribution >= 4 is 15.7 Å². The third-order valence-corrected chi connectivity index (χ3v) is 3.02. The number of hydrogen-bond acceptors (Lipinski definition) is 1. The standard InChI is InChI=1S/C10H6F2OS/c11-8-4-7(5-9(12)6-8)10-2-1-3-14(10)13/h1-6H. The molecule has 0 aromatic heterocycles. The van der Waals surface area contributed by atoms with Gasteiger partial charge in [0.25, 0.3) is 0 Å². The van der Waals surface area contributed by atoms with Gasteiger partial charge in [0.15, 0.2) is 0 Å². The Kier molecular flexibility index (Phi) is 2.29. The molecule has 1 aromatic carbocycles. The first kappa shape index (κ1) is 9.27. The average molecular weight is 212 g/mol. The lowest BCUT2D eigenvalue weighted by Crippen LogP contribution is -1.90. The second kappa shape index (κ2) is 3.46. The topological polar surface area (TPSA) is 17.1 Å². The van der Waals surface area contributed by atoms with Crippen molar-refractivity contribution in [3.8, 4) is 0 Å². The van der Waals surface area contributed by atoms with Crippen molar-refractivity contribution < 1.29 is 13.0 Å². The van der Waals surface area contributed by atoms with Gasteiger partial charge in [-0.05, 0) is 23.8 Å². The minimum Gasteiger partial charge on any atom is -0.250 e. The van der Waals surface area contributed by atoms with Crippen LogP contribution in [-0.4, -0.2) is 4.21 Å². The molecule has 1 heterocycles. The second-order valence-corrected chi connectivity index (χ2v) is 4.12. The Morgan fingerprint density at radius 2 is 1.71 bits per heavy atom. The highest BCUT2D eigenvalue weighted by molar-refractivity contribution is 7.97. The van der Waals surface area contributed by atoms with E-state index in [0.29, 0.717) is 10.5 Å². The summed E-state index contributed by atoms with van der Waals surface area (Å²) < 4.78 is 37.0. The molecule has 0 bridgehead atoms. The van der Waals surface area contributed by atoms with Gasteiger partial charge >= 0.3 is 0 Å². The Balaban J connectivity index is 2.47. The van der Waals surface area contributed by atoms with E-state index in [9.17, 15) is 13.0 Å². The van der Waals surface area contributed by atoms with Gasteiger partial charge in [-0.2, -0.15) is 0 Å². The molecule has 72 valence electrons. The van der Waals surface area contributed by atoms with Crippen molar-refractivity contribution in [3.63, 3.8) is 0 Å². The van der Waals surface area contributed by atoms with E-state index in [2.05, 4.69) is 0 Å². The predicted molar refractivity (Wildman–Crippen MR) is 51.6 cm³/mol. The molecule has 0 spiro atoms. The van der Waals surface area contributed by atoms with Crippen LogP contribution >= 0.6 is 0 Å². The molecule has 0 aliphatic carbocycles. The van der Waals surface area contributed by atoms with Crippen LogP contribution in [0.1, 0.15) is 5.56 Å². The third-order valence-electron chi connectivity index (χ3n) is 1.81. The molecule has 0 saturated heterocycles. The van der Waals surface area contributed by atoms with E-state index >= 15 is 0 Å². The molecule has 14 heavy (non-hydrogen) atoms. The van der Waals surface area contributed by atoms with Crippen molar-refractivity contribution in [2.24, 2.45) is 0 Å². The lowest BCUT2D eigenvalue weighted by molar-refractivity contribution is 0.583. The quantitative estimate of drug-likeness (QED) is 0.699. The van der Waals surface area contributed by atoms with Crippen LogP contribution in [-0.2, 0) is 10.8 Å². The van der Waals surface area contributed by atoms with E-state index in [1.54, 1.807) is 12.2 Å². The molecule has 0 amide bonds. The average Bonchev–Trinajstić information content (AvgIpc) is 2.49. The van der Waals surface area contributed by atoms with Crippen LogP contribution in [0.3, 0.4) is 0 Å². The normalized spacial score (nSPS) is 19.9. The van der Waals surface area contributed by atoms with Crippen molar-refractivity contribution in [3.05, 3.63) is 53.0 Å². The molecule has 1 aliphatic rings. The van der Waals surface area contributed by atoms with E-state index in [4.69, 9.17) is 0 Å². The van der Waals surface area contributed by atoms with Gasteiger partial charge in [-0.1, -0.05) is 6.08 Å². The van der Waals surface area contributed by atoms with Crippen LogP contribution < -0.4 is 0 Å². The van der Waals surface area contributed by atoms with Crippen LogP contribution in [0.15, 0.2) is 35.8 Å². The zero-order valence-corrected chi connectivity index (χ0v) is 7.85. The molecule has 4 heteroatoms. The number of allylic oxidation sites excluding steroid dienone is 2. The van der Waals surface area contributed by atoms with Crippen molar-refractivity contribution in [2.45, 2.75) is 0 Å². The third kappa shape index (κ3) is 1.65. The molecule has 1 nitrogen and oxygen atoms in total. The largest absolute Gasteiger partial charge is 0.250 e. The second-order valence-electron chi connectivity index (χ2n) is 2.81. The number of hydrogen-bond donors (Lipinski definition) is 0. The Hall–Kier alpha value is -1.29. The first-order chi connectivity index (χ1) is 6.66. The molecule has 0 radical (unpaired) electrons. The van der Waals surface area contributed by atoms with Gasteiger partial charge in [0.1, 0.15) is 11.6 Å². The maximum atomic E-state index is 12.8. The zero-order valence-electron chi connectivity index (χ0n) is 7.04. The highest BCUT2D eigenvalue weighted by Gasteiger charge is 2.12. The van der Waals surface area contributed by atoms with Crippen molar-refractivity contribution in [1.29, 1.82) is 0 Å². The lowest BCUT2D eigenvalue weighted by Gasteiger charge is -2.01. The van der Waals surface area contributed by atoms with E-state index < -0.39 is 22.4 Å². The summed E-state index contributed by atoms with van der Waals surface area (Å²) in [4.78, 5) is 0.434. The Labute approximate surface area is 82.2 Å². The fourth-order valence-corrected chi connectivity index (χ4v) is 2.18. The van der Waals surface area contributed by atoms with Crippen LogP contribution in [0.5, 0.6) is 0 Å². The fourth-order valence-electron chi connectivity index (χ4n) is 1.25. The van der Waals surface area contributed by atoms with Gasteiger partial charge in [0.2, 0.25) is 0 Å². The maximum Gasteiger partial charge on any atom is 0.126 e. The fraction of sp³-hybridized carbons (Fsp3) is 0. The van der Waals surface area contributed by atoms with Gasteiger partial charge in [-0.15, -0.1) is 0 Å². The minimum absolute atomic E-state index is 0.325. The molecule has 0 N–H and O–H groups in total. The summed E-state index contributed by atoms with van der Waals surface area (Å²) in [5, 5.41) is 1.47. The van der Waals surface area contributed by atoms with Gasteiger partial charge < -0.3 is 0 Å². The van der Waals surface area contributed by atoms with Crippen LogP contribution in [0.4, 0.5) is 8.78 Å². The summed E-state index contributed by atoms with van der Waals surface area (Å²) in [6, 6.07) is 3.12. The first-order valence-corrected chi connectivity index (χ1v) is 5.13. The van der Waals surface area contributed by atoms with E-state index in [1.165, 1.54) is 17.5 Å².